The lowest BCUT2D eigenvalue weighted by Gasteiger charge is -2.26. The van der Waals surface area contributed by atoms with Crippen molar-refractivity contribution in [3.05, 3.63) is 126 Å². The summed E-state index contributed by atoms with van der Waals surface area (Å²) in [6.07, 6.45) is 21.0. The summed E-state index contributed by atoms with van der Waals surface area (Å²) >= 11 is 0. The number of methoxy groups -OCH3 is 1. The first-order valence-electron chi connectivity index (χ1n) is 35.1. The molecule has 4 N–H and O–H groups in total. The van der Waals surface area contributed by atoms with Gasteiger partial charge in [0.25, 0.3) is 0 Å². The minimum Gasteiger partial charge on any atom is -0.393 e. The van der Waals surface area contributed by atoms with E-state index in [-0.39, 0.29) is 30.2 Å². The number of nitrogens with zero attached hydrogens (tertiary/aromatic N) is 13. The average Bonchev–Trinajstić information content (AvgIpc) is 1.63. The molecular formula is C74H99F3N16O4. The maximum atomic E-state index is 12.7. The normalized spacial score (nSPS) is 21.2. The zero-order valence-electron chi connectivity index (χ0n) is 58.2. The maximum absolute atomic E-state index is 12.7. The number of hydrogen-bond donors (Lipinski definition) is 4. The number of rotatable bonds is 20. The number of fused-ring (bicyclic) bond motifs is 3. The van der Waals surface area contributed by atoms with Gasteiger partial charge < -0.3 is 35.3 Å². The smallest absolute Gasteiger partial charge is 0.391 e. The molecule has 23 heteroatoms. The van der Waals surface area contributed by atoms with Gasteiger partial charge in [-0.3, -0.25) is 19.9 Å². The van der Waals surface area contributed by atoms with Crippen LogP contribution in [0.1, 0.15) is 184 Å². The van der Waals surface area contributed by atoms with Crippen molar-refractivity contribution in [2.75, 3.05) is 62.6 Å². The van der Waals surface area contributed by atoms with Crippen LogP contribution in [0.5, 0.6) is 0 Å². The molecule has 0 amide bonds. The zero-order chi connectivity index (χ0) is 68.3. The predicted octanol–water partition coefficient (Wildman–Crippen LogP) is 14.9. The van der Waals surface area contributed by atoms with Crippen LogP contribution in [0, 0.1) is 25.7 Å². The van der Waals surface area contributed by atoms with Crippen LogP contribution in [-0.4, -0.2) is 152 Å². The Bertz CT molecular complexity index is 4010. The summed E-state index contributed by atoms with van der Waals surface area (Å²) in [7, 11) is 1.69. The van der Waals surface area contributed by atoms with Crippen LogP contribution < -0.4 is 16.0 Å². The Hall–Kier alpha value is -7.70. The van der Waals surface area contributed by atoms with Gasteiger partial charge >= 0.3 is 6.18 Å². The lowest BCUT2D eigenvalue weighted by Crippen LogP contribution is -2.35. The Morgan fingerprint density at radius 1 is 0.546 bits per heavy atom. The molecule has 4 fully saturated rings. The fourth-order valence-electron chi connectivity index (χ4n) is 14.2. The summed E-state index contributed by atoms with van der Waals surface area (Å²) in [5, 5.41) is 34.0. The second-order valence-electron chi connectivity index (χ2n) is 28.1. The summed E-state index contributed by atoms with van der Waals surface area (Å²) < 4.78 is 60.7. The van der Waals surface area contributed by atoms with E-state index in [9.17, 15) is 18.3 Å². The van der Waals surface area contributed by atoms with Crippen LogP contribution in [0.25, 0.3) is 49.9 Å². The third kappa shape index (κ3) is 18.5. The van der Waals surface area contributed by atoms with Crippen LogP contribution in [0.15, 0.2) is 91.9 Å². The molecule has 0 aromatic carbocycles. The number of ether oxygens (including phenoxy) is 3. The van der Waals surface area contributed by atoms with Crippen LogP contribution in [0.2, 0.25) is 0 Å². The molecule has 0 bridgehead atoms. The molecule has 520 valence electrons. The minimum absolute atomic E-state index is 0.0989. The van der Waals surface area contributed by atoms with Gasteiger partial charge in [0, 0.05) is 138 Å². The fourth-order valence-corrected chi connectivity index (χ4v) is 14.2. The Balaban J connectivity index is 0.000000148. The molecule has 9 aromatic heterocycles. The molecule has 20 nitrogen and oxygen atoms in total. The largest absolute Gasteiger partial charge is 0.393 e. The van der Waals surface area contributed by atoms with E-state index >= 15 is 0 Å². The van der Waals surface area contributed by atoms with E-state index in [1.165, 1.54) is 73.5 Å². The van der Waals surface area contributed by atoms with E-state index in [2.05, 4.69) is 131 Å². The number of morpholine rings is 1. The number of nitrogens with one attached hydrogen (secondary N) is 3. The Morgan fingerprint density at radius 2 is 0.979 bits per heavy atom. The molecule has 0 unspecified atom stereocenters. The molecule has 13 rings (SSSR count). The number of hydrogen-bond acceptors (Lipinski definition) is 17. The van der Waals surface area contributed by atoms with Gasteiger partial charge in [-0.05, 0) is 177 Å². The number of pyridine rings is 3. The summed E-state index contributed by atoms with van der Waals surface area (Å²) in [5.41, 5.74) is 16.2. The zero-order valence-corrected chi connectivity index (χ0v) is 58.2. The first-order valence-corrected chi connectivity index (χ1v) is 35.1. The molecule has 0 radical (unpaired) electrons. The van der Waals surface area contributed by atoms with Crippen LogP contribution >= 0.6 is 0 Å². The molecule has 4 aliphatic rings. The summed E-state index contributed by atoms with van der Waals surface area (Å²) in [5.74, 6) is 4.23. The van der Waals surface area contributed by atoms with E-state index in [1.807, 2.05) is 72.9 Å². The standard InChI is InChI=1S/C26H36N6O3.C25H35N5O.C23H28F3N5/c1-18(17-34-2)29-26-28-15-25-23(12-24(32(25)30-26)20-3-5-22(33)6-4-20)21-11-19(13-27-14-21)16-31-7-9-35-10-8-31;1-16(2)31-15-19(5)28-25-27-14-24-22(21-10-11-26-18(4)12-21)13-23(30(24)29-25)20-8-6-17(3)7-9-20;1-14-4-6-17(7-5-14)20-11-19(18-8-9-27-15(2)10-18)21-13-28-22(30-31(20)21)29-16(3)12-23(24,25)26/h11-15,18,20,22,33H,3-10,16-17H2,1-2H3,(H,29,30);10-14,16-17,19-20H,6-9,15H2,1-5H3,(H,28,29);8-11,13-14,16-17H,4-7,12H2,1-3H3,(H,29,30)/t18-,20?,22?;17?,19-,20?;14?,16-,17?/m000/s1. The van der Waals surface area contributed by atoms with Gasteiger partial charge in [0.15, 0.2) is 0 Å². The van der Waals surface area contributed by atoms with Gasteiger partial charge in [-0.15, -0.1) is 15.3 Å². The van der Waals surface area contributed by atoms with E-state index in [1.54, 1.807) is 19.5 Å². The minimum atomic E-state index is -4.24. The van der Waals surface area contributed by atoms with Crippen molar-refractivity contribution in [2.45, 2.75) is 207 Å². The van der Waals surface area contributed by atoms with Crippen molar-refractivity contribution in [1.82, 2.24) is 63.6 Å². The first kappa shape index (κ1) is 70.6. The second-order valence-corrected chi connectivity index (χ2v) is 28.1. The van der Waals surface area contributed by atoms with E-state index in [0.717, 1.165) is 139 Å². The van der Waals surface area contributed by atoms with Gasteiger partial charge in [-0.2, -0.15) is 13.2 Å². The van der Waals surface area contributed by atoms with E-state index in [4.69, 9.17) is 24.4 Å². The Morgan fingerprint density at radius 3 is 1.41 bits per heavy atom. The van der Waals surface area contributed by atoms with Gasteiger partial charge in [-0.25, -0.2) is 28.5 Å². The molecule has 1 aliphatic heterocycles. The highest BCUT2D eigenvalue weighted by Gasteiger charge is 2.32. The van der Waals surface area contributed by atoms with Gasteiger partial charge in [0.1, 0.15) is 0 Å². The van der Waals surface area contributed by atoms with Crippen molar-refractivity contribution in [1.29, 1.82) is 0 Å². The van der Waals surface area contributed by atoms with Gasteiger partial charge in [0.2, 0.25) is 17.8 Å². The van der Waals surface area contributed by atoms with Crippen LogP contribution in [-0.2, 0) is 20.8 Å². The quantitative estimate of drug-likeness (QED) is 0.0558. The van der Waals surface area contributed by atoms with Crippen molar-refractivity contribution < 1.29 is 32.5 Å². The topological polar surface area (TPSA) is 216 Å². The lowest BCUT2D eigenvalue weighted by atomic mass is 9.81. The van der Waals surface area contributed by atoms with Crippen LogP contribution in [0.4, 0.5) is 31.0 Å². The second kappa shape index (κ2) is 32.3. The number of aryl methyl sites for hydroxylation is 2. The Labute approximate surface area is 568 Å². The molecule has 9 aromatic rings. The molecular weight excluding hydrogens is 1230 g/mol. The van der Waals surface area contributed by atoms with Crippen molar-refractivity contribution >= 4 is 34.4 Å². The summed E-state index contributed by atoms with van der Waals surface area (Å²) in [6.45, 7) is 23.9. The highest BCUT2D eigenvalue weighted by atomic mass is 19.4. The molecule has 3 atom stereocenters. The monoisotopic (exact) mass is 1330 g/mol. The summed E-state index contributed by atoms with van der Waals surface area (Å²) in [4.78, 5) is 29.2. The number of alkyl halides is 3. The van der Waals surface area contributed by atoms with Gasteiger partial charge in [-0.1, -0.05) is 39.5 Å². The SMILES string of the molecule is COC[C@H](C)Nc1ncc2c(-c3cncc(CN4CCOCC4)c3)cc(C3CCC(O)CC3)n2n1.Cc1cc(-c2cc(C3CCC(C)CC3)n3nc(N[C@@H](C)CC(F)(F)F)ncc23)ccn1.Cc1cc(-c2cc(C3CCC(C)CC3)n3nc(N[C@@H](C)COC(C)C)ncc23)ccn1. The van der Waals surface area contributed by atoms with Gasteiger partial charge in [0.05, 0.1) is 80.2 Å². The molecule has 3 saturated carbocycles. The van der Waals surface area contributed by atoms with Crippen molar-refractivity contribution in [2.24, 2.45) is 11.8 Å². The van der Waals surface area contributed by atoms with E-state index < -0.39 is 18.6 Å². The van der Waals surface area contributed by atoms with E-state index in [0.29, 0.717) is 42.9 Å². The molecule has 97 heavy (non-hydrogen) atoms. The lowest BCUT2D eigenvalue weighted by molar-refractivity contribution is -0.136. The molecule has 0 spiro atoms. The molecule has 3 aliphatic carbocycles. The third-order valence-electron chi connectivity index (χ3n) is 19.4. The molecule has 1 saturated heterocycles. The highest BCUT2D eigenvalue weighted by Crippen LogP contribution is 2.42. The van der Waals surface area contributed by atoms with Crippen molar-refractivity contribution in [3.63, 3.8) is 0 Å². The fraction of sp³-hybridized carbons (Fsp3) is 0.554. The highest BCUT2D eigenvalue weighted by molar-refractivity contribution is 5.83. The first-order chi connectivity index (χ1) is 46.7. The predicted molar refractivity (Wildman–Crippen MR) is 375 cm³/mol. The number of anilines is 3. The number of aliphatic hydroxyl groups is 1. The van der Waals surface area contributed by atoms with Crippen molar-refractivity contribution in [3.8, 4) is 33.4 Å². The number of aromatic nitrogens is 12. The third-order valence-corrected chi connectivity index (χ3v) is 19.4. The number of aliphatic hydroxyl groups excluding tert-OH is 1. The molecule has 10 heterocycles. The maximum Gasteiger partial charge on any atom is 0.391 e. The summed E-state index contributed by atoms with van der Waals surface area (Å²) in [6, 6.07) is 16.6. The number of halogens is 3. The van der Waals surface area contributed by atoms with Crippen LogP contribution in [0.3, 0.4) is 0 Å². The Kier molecular flexibility index (Phi) is 23.5. The average molecular weight is 1330 g/mol.